The van der Waals surface area contributed by atoms with Crippen molar-refractivity contribution in [1.82, 2.24) is 9.88 Å². The monoisotopic (exact) mass is 327 g/mol. The van der Waals surface area contributed by atoms with Crippen LogP contribution in [-0.4, -0.2) is 54.4 Å². The minimum Gasteiger partial charge on any atom is -0.395 e. The largest absolute Gasteiger partial charge is 0.395 e. The summed E-state index contributed by atoms with van der Waals surface area (Å²) in [6, 6.07) is 12.7. The average Bonchev–Trinajstić information content (AvgIpc) is 2.64. The minimum atomic E-state index is 0.159. The highest BCUT2D eigenvalue weighted by Crippen LogP contribution is 2.18. The van der Waals surface area contributed by atoms with Crippen molar-refractivity contribution in [3.63, 3.8) is 0 Å². The summed E-state index contributed by atoms with van der Waals surface area (Å²) in [7, 11) is 0. The molecule has 0 spiro atoms. The molecular formula is C19H25N3O2. The lowest BCUT2D eigenvalue weighted by atomic mass is 10.1. The van der Waals surface area contributed by atoms with Crippen LogP contribution in [0.15, 0.2) is 48.8 Å². The van der Waals surface area contributed by atoms with Gasteiger partial charge in [0.25, 0.3) is 0 Å². The number of aliphatic hydroxyl groups is 1. The fourth-order valence-electron chi connectivity index (χ4n) is 3.00. The van der Waals surface area contributed by atoms with Gasteiger partial charge in [0.15, 0.2) is 0 Å². The molecule has 128 valence electrons. The fourth-order valence-corrected chi connectivity index (χ4v) is 3.00. The first-order valence-corrected chi connectivity index (χ1v) is 8.49. The van der Waals surface area contributed by atoms with Gasteiger partial charge in [-0.1, -0.05) is 18.2 Å². The molecule has 0 atom stereocenters. The van der Waals surface area contributed by atoms with Crippen molar-refractivity contribution < 1.29 is 9.84 Å². The number of anilines is 1. The van der Waals surface area contributed by atoms with E-state index in [0.29, 0.717) is 6.54 Å². The predicted octanol–water partition coefficient (Wildman–Crippen LogP) is 1.91. The van der Waals surface area contributed by atoms with Crippen molar-refractivity contribution in [2.75, 3.05) is 44.4 Å². The maximum absolute atomic E-state index is 9.33. The lowest BCUT2D eigenvalue weighted by Crippen LogP contribution is -2.36. The molecule has 0 amide bonds. The molecule has 0 saturated carbocycles. The van der Waals surface area contributed by atoms with Crippen molar-refractivity contribution in [3.05, 3.63) is 59.9 Å². The highest BCUT2D eigenvalue weighted by atomic mass is 16.5. The maximum Gasteiger partial charge on any atom is 0.0642 e. The Labute approximate surface area is 143 Å². The van der Waals surface area contributed by atoms with E-state index < -0.39 is 0 Å². The lowest BCUT2D eigenvalue weighted by molar-refractivity contribution is 0.122. The Bertz CT molecular complexity index is 598. The summed E-state index contributed by atoms with van der Waals surface area (Å²) < 4.78 is 5.40. The number of hydrogen-bond donors (Lipinski definition) is 1. The Morgan fingerprint density at radius 1 is 1.04 bits per heavy atom. The van der Waals surface area contributed by atoms with Crippen LogP contribution >= 0.6 is 0 Å². The molecule has 3 rings (SSSR count). The Hall–Kier alpha value is -1.95. The van der Waals surface area contributed by atoms with E-state index in [0.717, 1.165) is 45.0 Å². The van der Waals surface area contributed by atoms with Crippen LogP contribution in [0.4, 0.5) is 5.69 Å². The summed E-state index contributed by atoms with van der Waals surface area (Å²) in [5.41, 5.74) is 3.67. The second-order valence-corrected chi connectivity index (χ2v) is 6.06. The van der Waals surface area contributed by atoms with Gasteiger partial charge in [-0.15, -0.1) is 0 Å². The second kappa shape index (κ2) is 8.78. The minimum absolute atomic E-state index is 0.159. The van der Waals surface area contributed by atoms with Crippen LogP contribution in [0.2, 0.25) is 0 Å². The molecule has 1 N–H and O–H groups in total. The normalized spacial score (nSPS) is 15.0. The molecule has 1 aromatic heterocycles. The second-order valence-electron chi connectivity index (χ2n) is 6.06. The summed E-state index contributed by atoms with van der Waals surface area (Å²) in [6.45, 7) is 5.94. The first kappa shape index (κ1) is 16.9. The maximum atomic E-state index is 9.33. The molecule has 1 aliphatic heterocycles. The van der Waals surface area contributed by atoms with Gasteiger partial charge >= 0.3 is 0 Å². The Morgan fingerprint density at radius 3 is 2.46 bits per heavy atom. The molecule has 1 aromatic carbocycles. The smallest absolute Gasteiger partial charge is 0.0642 e. The average molecular weight is 327 g/mol. The summed E-state index contributed by atoms with van der Waals surface area (Å²) in [5.74, 6) is 0. The van der Waals surface area contributed by atoms with Crippen molar-refractivity contribution in [3.8, 4) is 0 Å². The van der Waals surface area contributed by atoms with Crippen LogP contribution in [-0.2, 0) is 17.8 Å². The van der Waals surface area contributed by atoms with Crippen molar-refractivity contribution in [1.29, 1.82) is 0 Å². The number of hydrogen-bond acceptors (Lipinski definition) is 5. The van der Waals surface area contributed by atoms with E-state index >= 15 is 0 Å². The van der Waals surface area contributed by atoms with E-state index in [1.807, 2.05) is 12.3 Å². The number of benzene rings is 1. The van der Waals surface area contributed by atoms with Crippen LogP contribution in [0.5, 0.6) is 0 Å². The molecule has 5 heteroatoms. The van der Waals surface area contributed by atoms with Crippen LogP contribution < -0.4 is 4.90 Å². The molecule has 0 aliphatic carbocycles. The SMILES string of the molecule is OCCN(Cc1ccc(N2CCOCC2)cc1)Cc1cccnc1. The summed E-state index contributed by atoms with van der Waals surface area (Å²) >= 11 is 0. The third-order valence-electron chi connectivity index (χ3n) is 4.26. The molecule has 1 saturated heterocycles. The van der Waals surface area contributed by atoms with E-state index in [1.54, 1.807) is 6.20 Å². The van der Waals surface area contributed by atoms with Crippen LogP contribution in [0, 0.1) is 0 Å². The van der Waals surface area contributed by atoms with Gasteiger partial charge in [0.2, 0.25) is 0 Å². The van der Waals surface area contributed by atoms with Gasteiger partial charge in [0.1, 0.15) is 0 Å². The van der Waals surface area contributed by atoms with Gasteiger partial charge in [-0.25, -0.2) is 0 Å². The number of ether oxygens (including phenoxy) is 1. The van der Waals surface area contributed by atoms with Crippen molar-refractivity contribution in [2.24, 2.45) is 0 Å². The zero-order valence-corrected chi connectivity index (χ0v) is 14.0. The molecule has 1 fully saturated rings. The number of nitrogens with zero attached hydrogens (tertiary/aromatic N) is 3. The molecular weight excluding hydrogens is 302 g/mol. The Balaban J connectivity index is 1.61. The number of rotatable bonds is 7. The van der Waals surface area contributed by atoms with Gasteiger partial charge in [0, 0.05) is 50.8 Å². The first-order valence-electron chi connectivity index (χ1n) is 8.49. The van der Waals surface area contributed by atoms with Gasteiger partial charge in [-0.05, 0) is 29.3 Å². The summed E-state index contributed by atoms with van der Waals surface area (Å²) in [6.07, 6.45) is 3.66. The molecule has 1 aliphatic rings. The number of pyridine rings is 1. The zero-order valence-electron chi connectivity index (χ0n) is 14.0. The van der Waals surface area contributed by atoms with Crippen molar-refractivity contribution >= 4 is 5.69 Å². The molecule has 0 unspecified atom stereocenters. The first-order chi connectivity index (χ1) is 11.8. The molecule has 0 bridgehead atoms. The quantitative estimate of drug-likeness (QED) is 0.842. The molecule has 0 radical (unpaired) electrons. The van der Waals surface area contributed by atoms with E-state index in [9.17, 15) is 5.11 Å². The fraction of sp³-hybridized carbons (Fsp3) is 0.421. The summed E-state index contributed by atoms with van der Waals surface area (Å²) in [5, 5.41) is 9.33. The van der Waals surface area contributed by atoms with Crippen LogP contribution in [0.3, 0.4) is 0 Å². The van der Waals surface area contributed by atoms with E-state index in [-0.39, 0.29) is 6.61 Å². The third-order valence-corrected chi connectivity index (χ3v) is 4.26. The zero-order chi connectivity index (χ0) is 16.6. The summed E-state index contributed by atoms with van der Waals surface area (Å²) in [4.78, 5) is 8.76. The van der Waals surface area contributed by atoms with E-state index in [4.69, 9.17) is 4.74 Å². The standard InChI is InChI=1S/C19H25N3O2/c23-11-8-21(16-18-2-1-7-20-14-18)15-17-3-5-19(6-4-17)22-9-12-24-13-10-22/h1-7,14,23H,8-13,15-16H2. The van der Waals surface area contributed by atoms with Gasteiger partial charge in [-0.3, -0.25) is 9.88 Å². The van der Waals surface area contributed by atoms with Crippen molar-refractivity contribution in [2.45, 2.75) is 13.1 Å². The third kappa shape index (κ3) is 4.77. The topological polar surface area (TPSA) is 48.8 Å². The van der Waals surface area contributed by atoms with Gasteiger partial charge < -0.3 is 14.7 Å². The Morgan fingerprint density at radius 2 is 1.79 bits per heavy atom. The van der Waals surface area contributed by atoms with Crippen LogP contribution in [0.1, 0.15) is 11.1 Å². The van der Waals surface area contributed by atoms with Gasteiger partial charge in [-0.2, -0.15) is 0 Å². The molecule has 2 heterocycles. The number of aliphatic hydroxyl groups excluding tert-OH is 1. The number of aromatic nitrogens is 1. The highest BCUT2D eigenvalue weighted by Gasteiger charge is 2.12. The van der Waals surface area contributed by atoms with E-state index in [1.165, 1.54) is 11.3 Å². The molecule has 24 heavy (non-hydrogen) atoms. The number of morpholine rings is 1. The van der Waals surface area contributed by atoms with Gasteiger partial charge in [0.05, 0.1) is 19.8 Å². The molecule has 2 aromatic rings. The predicted molar refractivity (Wildman–Crippen MR) is 94.9 cm³/mol. The van der Waals surface area contributed by atoms with E-state index in [2.05, 4.69) is 45.1 Å². The lowest BCUT2D eigenvalue weighted by Gasteiger charge is -2.29. The highest BCUT2D eigenvalue weighted by molar-refractivity contribution is 5.47. The van der Waals surface area contributed by atoms with Crippen LogP contribution in [0.25, 0.3) is 0 Å². The Kier molecular flexibility index (Phi) is 6.18. The molecule has 5 nitrogen and oxygen atoms in total.